The highest BCUT2D eigenvalue weighted by atomic mass is 15.3. The molecule has 2 unspecified atom stereocenters. The van der Waals surface area contributed by atoms with Crippen LogP contribution >= 0.6 is 0 Å². The molecule has 3 N–H and O–H groups in total. The van der Waals surface area contributed by atoms with Gasteiger partial charge in [0.1, 0.15) is 0 Å². The fourth-order valence-corrected chi connectivity index (χ4v) is 3.03. The third-order valence-corrected chi connectivity index (χ3v) is 4.20. The Morgan fingerprint density at radius 3 is 2.70 bits per heavy atom. The number of anilines is 1. The van der Waals surface area contributed by atoms with Gasteiger partial charge in [-0.15, -0.1) is 0 Å². The second kappa shape index (κ2) is 6.09. The zero-order valence-corrected chi connectivity index (χ0v) is 11.7. The van der Waals surface area contributed by atoms with E-state index < -0.39 is 0 Å². The lowest BCUT2D eigenvalue weighted by molar-refractivity contribution is 0.332. The maximum absolute atomic E-state index is 5.88. The fraction of sp³-hybridized carbons (Fsp3) is 0.438. The van der Waals surface area contributed by atoms with Gasteiger partial charge in [-0.1, -0.05) is 12.8 Å². The molecule has 1 aliphatic carbocycles. The number of nitrogens with zero attached hydrogens (tertiary/aromatic N) is 2. The topological polar surface area (TPSA) is 55.9 Å². The average Bonchev–Trinajstić information content (AvgIpc) is 3.03. The monoisotopic (exact) mass is 270 g/mol. The summed E-state index contributed by atoms with van der Waals surface area (Å²) >= 11 is 0. The maximum Gasteiger partial charge on any atom is 0.0647 e. The van der Waals surface area contributed by atoms with Crippen LogP contribution in [0.1, 0.15) is 25.7 Å². The first-order valence-electron chi connectivity index (χ1n) is 7.43. The van der Waals surface area contributed by atoms with Gasteiger partial charge in [-0.05, 0) is 55.6 Å². The van der Waals surface area contributed by atoms with Crippen molar-refractivity contribution in [3.8, 4) is 5.69 Å². The van der Waals surface area contributed by atoms with E-state index in [0.29, 0.717) is 12.0 Å². The van der Waals surface area contributed by atoms with Crippen molar-refractivity contribution in [2.24, 2.45) is 11.7 Å². The summed E-state index contributed by atoms with van der Waals surface area (Å²) in [6, 6.07) is 10.9. The Kier molecular flexibility index (Phi) is 4.02. The van der Waals surface area contributed by atoms with Crippen molar-refractivity contribution in [2.45, 2.75) is 31.7 Å². The fourth-order valence-electron chi connectivity index (χ4n) is 3.03. The molecule has 1 fully saturated rings. The molecule has 2 atom stereocenters. The second-order valence-electron chi connectivity index (χ2n) is 5.53. The molecule has 3 rings (SSSR count). The van der Waals surface area contributed by atoms with E-state index in [4.69, 9.17) is 5.73 Å². The molecule has 0 spiro atoms. The molecule has 0 bridgehead atoms. The van der Waals surface area contributed by atoms with Gasteiger partial charge in [-0.25, -0.2) is 4.68 Å². The molecule has 2 aromatic rings. The van der Waals surface area contributed by atoms with Crippen LogP contribution in [0.4, 0.5) is 5.69 Å². The van der Waals surface area contributed by atoms with Gasteiger partial charge in [-0.2, -0.15) is 5.10 Å². The first kappa shape index (κ1) is 13.2. The molecule has 0 saturated heterocycles. The summed E-state index contributed by atoms with van der Waals surface area (Å²) in [7, 11) is 0. The van der Waals surface area contributed by atoms with Crippen molar-refractivity contribution in [3.63, 3.8) is 0 Å². The summed E-state index contributed by atoms with van der Waals surface area (Å²) in [5, 5.41) is 7.88. The summed E-state index contributed by atoms with van der Waals surface area (Å²) in [5.74, 6) is 0.606. The zero-order chi connectivity index (χ0) is 13.8. The maximum atomic E-state index is 5.88. The molecular weight excluding hydrogens is 248 g/mol. The number of hydrogen-bond donors (Lipinski definition) is 2. The zero-order valence-electron chi connectivity index (χ0n) is 11.7. The highest BCUT2D eigenvalue weighted by molar-refractivity contribution is 5.49. The lowest BCUT2D eigenvalue weighted by atomic mass is 9.84. The molecule has 0 aliphatic heterocycles. The Morgan fingerprint density at radius 2 is 2.00 bits per heavy atom. The van der Waals surface area contributed by atoms with Crippen molar-refractivity contribution in [3.05, 3.63) is 42.7 Å². The van der Waals surface area contributed by atoms with E-state index in [1.54, 1.807) is 6.20 Å². The van der Waals surface area contributed by atoms with E-state index in [1.165, 1.54) is 31.4 Å². The first-order chi connectivity index (χ1) is 9.86. The van der Waals surface area contributed by atoms with E-state index in [2.05, 4.69) is 34.7 Å². The minimum absolute atomic E-state index is 0.518. The van der Waals surface area contributed by atoms with Crippen molar-refractivity contribution in [1.29, 1.82) is 0 Å². The Hall–Kier alpha value is -1.81. The van der Waals surface area contributed by atoms with E-state index >= 15 is 0 Å². The normalized spacial score (nSPS) is 22.6. The lowest BCUT2D eigenvalue weighted by Crippen LogP contribution is -2.36. The number of benzene rings is 1. The number of nitrogens with one attached hydrogen (secondary N) is 1. The van der Waals surface area contributed by atoms with Crippen LogP contribution in [-0.4, -0.2) is 22.4 Å². The van der Waals surface area contributed by atoms with Crippen LogP contribution in [0.2, 0.25) is 0 Å². The minimum Gasteiger partial charge on any atom is -0.382 e. The summed E-state index contributed by atoms with van der Waals surface area (Å²) in [6.07, 6.45) is 8.84. The molecule has 1 saturated carbocycles. The van der Waals surface area contributed by atoms with Crippen LogP contribution in [0.3, 0.4) is 0 Å². The van der Waals surface area contributed by atoms with Crippen molar-refractivity contribution in [2.75, 3.05) is 11.9 Å². The quantitative estimate of drug-likeness (QED) is 0.898. The van der Waals surface area contributed by atoms with Crippen LogP contribution in [0.5, 0.6) is 0 Å². The van der Waals surface area contributed by atoms with Crippen LogP contribution in [0.25, 0.3) is 5.69 Å². The number of nitrogens with two attached hydrogens (primary N) is 1. The highest BCUT2D eigenvalue weighted by Gasteiger charge is 2.23. The Bertz CT molecular complexity index is 518. The van der Waals surface area contributed by atoms with Gasteiger partial charge in [0.25, 0.3) is 0 Å². The van der Waals surface area contributed by atoms with Gasteiger partial charge in [0.2, 0.25) is 0 Å². The first-order valence-corrected chi connectivity index (χ1v) is 7.43. The van der Waals surface area contributed by atoms with Gasteiger partial charge >= 0.3 is 0 Å². The average molecular weight is 270 g/mol. The van der Waals surface area contributed by atoms with Crippen molar-refractivity contribution >= 4 is 5.69 Å². The molecule has 1 aliphatic rings. The lowest BCUT2D eigenvalue weighted by Gasteiger charge is -2.32. The molecular formula is C16H22N4. The molecule has 4 nitrogen and oxygen atoms in total. The third-order valence-electron chi connectivity index (χ3n) is 4.20. The van der Waals surface area contributed by atoms with Gasteiger partial charge in [0.05, 0.1) is 5.69 Å². The van der Waals surface area contributed by atoms with Crippen molar-refractivity contribution < 1.29 is 0 Å². The molecule has 1 heterocycles. The Morgan fingerprint density at radius 1 is 1.20 bits per heavy atom. The van der Waals surface area contributed by atoms with E-state index in [1.807, 2.05) is 16.9 Å². The highest BCUT2D eigenvalue weighted by Crippen LogP contribution is 2.26. The van der Waals surface area contributed by atoms with E-state index in [9.17, 15) is 0 Å². The van der Waals surface area contributed by atoms with Crippen LogP contribution in [0, 0.1) is 5.92 Å². The van der Waals surface area contributed by atoms with Gasteiger partial charge in [-0.3, -0.25) is 0 Å². The predicted octanol–water partition coefficient (Wildman–Crippen LogP) is 2.80. The predicted molar refractivity (Wildman–Crippen MR) is 82.0 cm³/mol. The SMILES string of the molecule is NCC1CCCCC1Nc1ccc(-n2cccn2)cc1. The number of aromatic nitrogens is 2. The summed E-state index contributed by atoms with van der Waals surface area (Å²) in [6.45, 7) is 0.781. The summed E-state index contributed by atoms with van der Waals surface area (Å²) in [5.41, 5.74) is 8.14. The van der Waals surface area contributed by atoms with Crippen molar-refractivity contribution in [1.82, 2.24) is 9.78 Å². The van der Waals surface area contributed by atoms with Crippen LogP contribution < -0.4 is 11.1 Å². The summed E-state index contributed by atoms with van der Waals surface area (Å²) < 4.78 is 1.87. The molecule has 106 valence electrons. The molecule has 0 amide bonds. The summed E-state index contributed by atoms with van der Waals surface area (Å²) in [4.78, 5) is 0. The van der Waals surface area contributed by atoms with Gasteiger partial charge in [0, 0.05) is 24.1 Å². The standard InChI is InChI=1S/C16H22N4/c17-12-13-4-1-2-5-16(13)19-14-6-8-15(9-7-14)20-11-3-10-18-20/h3,6-11,13,16,19H,1-2,4-5,12,17H2. The molecule has 1 aromatic heterocycles. The molecule has 0 radical (unpaired) electrons. The van der Waals surface area contributed by atoms with E-state index in [0.717, 1.165) is 12.2 Å². The second-order valence-corrected chi connectivity index (χ2v) is 5.53. The van der Waals surface area contributed by atoms with Gasteiger partial charge < -0.3 is 11.1 Å². The van der Waals surface area contributed by atoms with Gasteiger partial charge in [0.15, 0.2) is 0 Å². The van der Waals surface area contributed by atoms with E-state index in [-0.39, 0.29) is 0 Å². The number of rotatable bonds is 4. The number of hydrogen-bond acceptors (Lipinski definition) is 3. The molecule has 1 aromatic carbocycles. The largest absolute Gasteiger partial charge is 0.382 e. The Balaban J connectivity index is 1.68. The third kappa shape index (κ3) is 2.85. The smallest absolute Gasteiger partial charge is 0.0647 e. The minimum atomic E-state index is 0.518. The molecule has 4 heteroatoms. The Labute approximate surface area is 120 Å². The molecule has 20 heavy (non-hydrogen) atoms. The van der Waals surface area contributed by atoms with Crippen LogP contribution in [-0.2, 0) is 0 Å². The van der Waals surface area contributed by atoms with Crippen LogP contribution in [0.15, 0.2) is 42.7 Å².